The first-order chi connectivity index (χ1) is 14.6. The zero-order valence-electron chi connectivity index (χ0n) is 17.4. The Hall–Kier alpha value is -2.49. The molecule has 2 amide bonds. The van der Waals surface area contributed by atoms with Crippen molar-refractivity contribution < 1.29 is 9.59 Å². The van der Waals surface area contributed by atoms with E-state index in [1.165, 1.54) is 5.69 Å². The molecular weight excluding hydrogens is 382 g/mol. The Morgan fingerprint density at radius 3 is 2.47 bits per heavy atom. The van der Waals surface area contributed by atoms with Gasteiger partial charge in [0.25, 0.3) is 0 Å². The number of aromatic nitrogens is 2. The van der Waals surface area contributed by atoms with Crippen molar-refractivity contribution in [2.24, 2.45) is 7.05 Å². The smallest absolute Gasteiger partial charge is 0.235 e. The van der Waals surface area contributed by atoms with Crippen LogP contribution in [0.1, 0.15) is 24.5 Å². The van der Waals surface area contributed by atoms with Crippen molar-refractivity contribution in [3.05, 3.63) is 23.9 Å². The quantitative estimate of drug-likeness (QED) is 0.690. The summed E-state index contributed by atoms with van der Waals surface area (Å²) in [4.78, 5) is 26.2. The van der Waals surface area contributed by atoms with Gasteiger partial charge in [-0.25, -0.2) is 10.0 Å². The van der Waals surface area contributed by atoms with Crippen LogP contribution >= 0.6 is 0 Å². The predicted molar refractivity (Wildman–Crippen MR) is 114 cm³/mol. The van der Waals surface area contributed by atoms with Crippen LogP contribution in [0, 0.1) is 0 Å². The number of fused-ring (bicyclic) bond motifs is 1. The maximum atomic E-state index is 12.3. The summed E-state index contributed by atoms with van der Waals surface area (Å²) >= 11 is 0. The molecule has 1 atom stereocenters. The van der Waals surface area contributed by atoms with Gasteiger partial charge in [-0.2, -0.15) is 5.10 Å². The minimum absolute atomic E-state index is 0.196. The molecule has 0 spiro atoms. The second-order valence-corrected chi connectivity index (χ2v) is 8.36. The fraction of sp³-hybridized carbons (Fsp3) is 0.571. The molecule has 0 radical (unpaired) electrons. The van der Waals surface area contributed by atoms with Gasteiger partial charge >= 0.3 is 0 Å². The standard InChI is InChI=1S/C21H29N7O2/c1-25-18-14-15(26-10-12-28(13-11-26)27-8-6-22-7-9-27)2-3-16(18)20(24-25)17-4-5-19(29)23-21(17)30/h2-3,14,17,22H,4-13H2,1H3,(H,23,29,30). The number of benzene rings is 1. The van der Waals surface area contributed by atoms with Gasteiger partial charge in [0, 0.05) is 76.9 Å². The van der Waals surface area contributed by atoms with Crippen LogP contribution in [-0.2, 0) is 16.6 Å². The van der Waals surface area contributed by atoms with Crippen molar-refractivity contribution in [1.82, 2.24) is 30.4 Å². The highest BCUT2D eigenvalue weighted by Crippen LogP contribution is 2.32. The fourth-order valence-corrected chi connectivity index (χ4v) is 4.86. The summed E-state index contributed by atoms with van der Waals surface area (Å²) in [5, 5.41) is 16.5. The highest BCUT2D eigenvalue weighted by Gasteiger charge is 2.32. The van der Waals surface area contributed by atoms with Crippen molar-refractivity contribution in [3.63, 3.8) is 0 Å². The number of amides is 2. The molecule has 5 rings (SSSR count). The number of piperidine rings is 1. The summed E-state index contributed by atoms with van der Waals surface area (Å²) in [6, 6.07) is 6.40. The maximum Gasteiger partial charge on any atom is 0.235 e. The lowest BCUT2D eigenvalue weighted by atomic mass is 9.93. The van der Waals surface area contributed by atoms with Gasteiger partial charge in [0.15, 0.2) is 0 Å². The third kappa shape index (κ3) is 3.57. The predicted octanol–water partition coefficient (Wildman–Crippen LogP) is 0.0357. The summed E-state index contributed by atoms with van der Waals surface area (Å²) in [7, 11) is 1.92. The van der Waals surface area contributed by atoms with E-state index in [1.807, 2.05) is 11.7 Å². The average molecular weight is 412 g/mol. The van der Waals surface area contributed by atoms with Crippen molar-refractivity contribution in [1.29, 1.82) is 0 Å². The van der Waals surface area contributed by atoms with E-state index in [4.69, 9.17) is 0 Å². The molecule has 30 heavy (non-hydrogen) atoms. The minimum Gasteiger partial charge on any atom is -0.369 e. The first-order valence-electron chi connectivity index (χ1n) is 10.9. The van der Waals surface area contributed by atoms with E-state index < -0.39 is 0 Å². The van der Waals surface area contributed by atoms with E-state index in [0.29, 0.717) is 12.8 Å². The molecule has 1 aromatic heterocycles. The van der Waals surface area contributed by atoms with E-state index in [0.717, 1.165) is 69.0 Å². The molecule has 0 bridgehead atoms. The number of carbonyl (C=O) groups excluding carboxylic acids is 2. The first kappa shape index (κ1) is 19.5. The molecule has 2 N–H and O–H groups in total. The monoisotopic (exact) mass is 411 g/mol. The number of nitrogens with zero attached hydrogens (tertiary/aromatic N) is 5. The van der Waals surface area contributed by atoms with Gasteiger partial charge in [-0.05, 0) is 24.6 Å². The fourth-order valence-electron chi connectivity index (χ4n) is 4.86. The molecule has 4 heterocycles. The molecule has 1 aromatic carbocycles. The van der Waals surface area contributed by atoms with Crippen molar-refractivity contribution in [3.8, 4) is 0 Å². The van der Waals surface area contributed by atoms with Crippen LogP contribution < -0.4 is 15.5 Å². The molecule has 3 aliphatic heterocycles. The zero-order valence-corrected chi connectivity index (χ0v) is 17.4. The highest BCUT2D eigenvalue weighted by atomic mass is 16.2. The van der Waals surface area contributed by atoms with Crippen LogP contribution in [0.3, 0.4) is 0 Å². The van der Waals surface area contributed by atoms with E-state index in [1.54, 1.807) is 0 Å². The van der Waals surface area contributed by atoms with Crippen LogP contribution in [0.5, 0.6) is 0 Å². The largest absolute Gasteiger partial charge is 0.369 e. The SMILES string of the molecule is Cn1nc(C2CCC(=O)NC2=O)c2ccc(N3CCN(N4CCNCC4)CC3)cc21. The Kier molecular flexibility index (Phi) is 5.18. The number of nitrogens with one attached hydrogen (secondary N) is 2. The molecule has 3 saturated heterocycles. The van der Waals surface area contributed by atoms with E-state index >= 15 is 0 Å². The molecule has 0 aliphatic carbocycles. The molecular formula is C21H29N7O2. The number of rotatable bonds is 3. The van der Waals surface area contributed by atoms with Crippen molar-refractivity contribution in [2.75, 3.05) is 57.3 Å². The van der Waals surface area contributed by atoms with Gasteiger partial charge in [-0.1, -0.05) is 0 Å². The van der Waals surface area contributed by atoms with Crippen LogP contribution in [0.4, 0.5) is 5.69 Å². The van der Waals surface area contributed by atoms with Gasteiger partial charge < -0.3 is 10.2 Å². The molecule has 9 nitrogen and oxygen atoms in total. The van der Waals surface area contributed by atoms with E-state index in [2.05, 4.69) is 48.8 Å². The van der Waals surface area contributed by atoms with E-state index in [9.17, 15) is 9.59 Å². The van der Waals surface area contributed by atoms with Crippen LogP contribution in [0.25, 0.3) is 10.9 Å². The second-order valence-electron chi connectivity index (χ2n) is 8.36. The Bertz CT molecular complexity index is 958. The normalized spacial score (nSPS) is 24.4. The van der Waals surface area contributed by atoms with E-state index in [-0.39, 0.29) is 17.7 Å². The lowest BCUT2D eigenvalue weighted by Crippen LogP contribution is -2.58. The zero-order chi connectivity index (χ0) is 20.7. The van der Waals surface area contributed by atoms with Crippen LogP contribution in [-0.4, -0.2) is 84.0 Å². The number of aryl methyl sites for hydroxylation is 1. The molecule has 3 aliphatic rings. The Morgan fingerprint density at radius 1 is 1.00 bits per heavy atom. The topological polar surface area (TPSA) is 85.7 Å². The Morgan fingerprint density at radius 2 is 1.73 bits per heavy atom. The Balaban J connectivity index is 1.33. The number of anilines is 1. The minimum atomic E-state index is -0.361. The molecule has 1 unspecified atom stereocenters. The second kappa shape index (κ2) is 7.98. The average Bonchev–Trinajstić information content (AvgIpc) is 3.10. The molecule has 160 valence electrons. The van der Waals surface area contributed by atoms with Gasteiger partial charge in [0.05, 0.1) is 17.1 Å². The van der Waals surface area contributed by atoms with Gasteiger partial charge in [-0.15, -0.1) is 0 Å². The summed E-state index contributed by atoms with van der Waals surface area (Å²) in [6.07, 6.45) is 0.885. The van der Waals surface area contributed by atoms with Crippen LogP contribution in [0.2, 0.25) is 0 Å². The summed E-state index contributed by atoms with van der Waals surface area (Å²) < 4.78 is 1.86. The molecule has 0 saturated carbocycles. The first-order valence-corrected chi connectivity index (χ1v) is 10.9. The molecule has 2 aromatic rings. The number of hydrogen-bond donors (Lipinski definition) is 2. The number of carbonyl (C=O) groups is 2. The summed E-state index contributed by atoms with van der Waals surface area (Å²) in [6.45, 7) is 8.35. The summed E-state index contributed by atoms with van der Waals surface area (Å²) in [5.74, 6) is -0.794. The van der Waals surface area contributed by atoms with Gasteiger partial charge in [0.1, 0.15) is 0 Å². The summed E-state index contributed by atoms with van der Waals surface area (Å²) in [5.41, 5.74) is 2.99. The lowest BCUT2D eigenvalue weighted by Gasteiger charge is -2.43. The molecule has 9 heteroatoms. The highest BCUT2D eigenvalue weighted by molar-refractivity contribution is 6.02. The number of imide groups is 1. The van der Waals surface area contributed by atoms with Crippen molar-refractivity contribution >= 4 is 28.4 Å². The number of hydrazine groups is 1. The van der Waals surface area contributed by atoms with Crippen LogP contribution in [0.15, 0.2) is 18.2 Å². The third-order valence-corrected chi connectivity index (χ3v) is 6.55. The lowest BCUT2D eigenvalue weighted by molar-refractivity contribution is -0.134. The number of hydrogen-bond acceptors (Lipinski definition) is 7. The van der Waals surface area contributed by atoms with Crippen molar-refractivity contribution in [2.45, 2.75) is 18.8 Å². The molecule has 3 fully saturated rings. The third-order valence-electron chi connectivity index (χ3n) is 6.55. The number of piperazine rings is 2. The van der Waals surface area contributed by atoms with Gasteiger partial charge in [-0.3, -0.25) is 19.6 Å². The maximum absolute atomic E-state index is 12.3. The van der Waals surface area contributed by atoms with Gasteiger partial charge in [0.2, 0.25) is 11.8 Å². The Labute approximate surface area is 175 Å².